The molecule has 27 heavy (non-hydrogen) atoms. The van der Waals surface area contributed by atoms with E-state index in [0.29, 0.717) is 0 Å². The summed E-state index contributed by atoms with van der Waals surface area (Å²) in [5, 5.41) is 4.80. The molecule has 0 amide bonds. The van der Waals surface area contributed by atoms with E-state index in [9.17, 15) is 0 Å². The molecular formula is C25H22OS. The maximum Gasteiger partial charge on any atom is 0.128 e. The van der Waals surface area contributed by atoms with E-state index in [2.05, 4.69) is 69.0 Å². The lowest BCUT2D eigenvalue weighted by Gasteiger charge is -2.28. The predicted octanol–water partition coefficient (Wildman–Crippen LogP) is 7.24. The highest BCUT2D eigenvalue weighted by molar-refractivity contribution is 7.80. The summed E-state index contributed by atoms with van der Waals surface area (Å²) >= 11 is 4.69. The standard InChI is InChI=1S/C25H22OS/c1-4-17-9-12-20(13-10-17)26-25(2,3)19-11-14-22-23(16-19)21-8-6-5-7-18(21)15-24(22)27/h4-16,27H,1H2,2-3H3. The van der Waals surface area contributed by atoms with E-state index in [4.69, 9.17) is 17.4 Å². The van der Waals surface area contributed by atoms with Crippen LogP contribution in [0.3, 0.4) is 0 Å². The summed E-state index contributed by atoms with van der Waals surface area (Å²) in [6.07, 6.45) is 1.83. The topological polar surface area (TPSA) is 9.23 Å². The molecule has 0 spiro atoms. The molecule has 0 aromatic heterocycles. The Balaban J connectivity index is 1.79. The van der Waals surface area contributed by atoms with Gasteiger partial charge in [0, 0.05) is 4.90 Å². The first-order valence-corrected chi connectivity index (χ1v) is 9.49. The largest absolute Gasteiger partial charge is 0.483 e. The van der Waals surface area contributed by atoms with E-state index in [1.54, 1.807) is 0 Å². The maximum atomic E-state index is 6.33. The zero-order valence-electron chi connectivity index (χ0n) is 15.6. The molecule has 0 N–H and O–H groups in total. The van der Waals surface area contributed by atoms with E-state index in [-0.39, 0.29) is 0 Å². The second-order valence-corrected chi connectivity index (χ2v) is 7.74. The van der Waals surface area contributed by atoms with Crippen molar-refractivity contribution in [2.45, 2.75) is 24.3 Å². The van der Waals surface area contributed by atoms with Gasteiger partial charge in [-0.25, -0.2) is 0 Å². The van der Waals surface area contributed by atoms with Gasteiger partial charge in [-0.15, -0.1) is 12.6 Å². The van der Waals surface area contributed by atoms with Crippen molar-refractivity contribution in [3.8, 4) is 5.75 Å². The van der Waals surface area contributed by atoms with Gasteiger partial charge in [-0.2, -0.15) is 0 Å². The maximum absolute atomic E-state index is 6.33. The molecule has 4 rings (SSSR count). The Morgan fingerprint density at radius 1 is 0.852 bits per heavy atom. The molecule has 0 heterocycles. The van der Waals surface area contributed by atoms with Crippen LogP contribution in [0.5, 0.6) is 5.75 Å². The minimum Gasteiger partial charge on any atom is -0.483 e. The molecule has 0 aliphatic rings. The zero-order chi connectivity index (χ0) is 19.0. The van der Waals surface area contributed by atoms with Crippen molar-refractivity contribution in [3.63, 3.8) is 0 Å². The monoisotopic (exact) mass is 370 g/mol. The smallest absolute Gasteiger partial charge is 0.128 e. The van der Waals surface area contributed by atoms with Crippen molar-refractivity contribution >= 4 is 40.2 Å². The molecule has 0 bridgehead atoms. The Bertz CT molecular complexity index is 1140. The second kappa shape index (κ2) is 6.79. The van der Waals surface area contributed by atoms with Gasteiger partial charge in [0.25, 0.3) is 0 Å². The van der Waals surface area contributed by atoms with Crippen LogP contribution in [0.25, 0.3) is 27.6 Å². The van der Waals surface area contributed by atoms with Gasteiger partial charge >= 0.3 is 0 Å². The number of rotatable bonds is 4. The Morgan fingerprint density at radius 3 is 2.33 bits per heavy atom. The van der Waals surface area contributed by atoms with Gasteiger partial charge in [-0.1, -0.05) is 61.2 Å². The van der Waals surface area contributed by atoms with Gasteiger partial charge in [0.15, 0.2) is 0 Å². The van der Waals surface area contributed by atoms with Gasteiger partial charge < -0.3 is 4.74 Å². The van der Waals surface area contributed by atoms with Crippen LogP contribution < -0.4 is 4.74 Å². The fourth-order valence-corrected chi connectivity index (χ4v) is 3.82. The summed E-state index contributed by atoms with van der Waals surface area (Å²) < 4.78 is 6.33. The lowest BCUT2D eigenvalue weighted by molar-refractivity contribution is 0.109. The molecule has 2 heteroatoms. The molecule has 0 saturated carbocycles. The second-order valence-electron chi connectivity index (χ2n) is 7.26. The Labute approximate surface area is 165 Å². The molecule has 0 saturated heterocycles. The summed E-state index contributed by atoms with van der Waals surface area (Å²) in [6, 6.07) is 25.1. The first kappa shape index (κ1) is 17.7. The van der Waals surface area contributed by atoms with E-state index in [0.717, 1.165) is 27.2 Å². The molecule has 1 nitrogen and oxygen atoms in total. The van der Waals surface area contributed by atoms with Crippen LogP contribution in [0.15, 0.2) is 84.3 Å². The van der Waals surface area contributed by atoms with Crippen molar-refractivity contribution < 1.29 is 4.74 Å². The average Bonchev–Trinajstić information content (AvgIpc) is 2.68. The van der Waals surface area contributed by atoms with Gasteiger partial charge in [-0.3, -0.25) is 0 Å². The highest BCUT2D eigenvalue weighted by Gasteiger charge is 2.23. The third kappa shape index (κ3) is 3.33. The first-order chi connectivity index (χ1) is 13.0. The van der Waals surface area contributed by atoms with Crippen LogP contribution in [-0.4, -0.2) is 0 Å². The molecule has 0 aliphatic heterocycles. The molecule has 0 atom stereocenters. The quantitative estimate of drug-likeness (QED) is 0.294. The minimum absolute atomic E-state index is 0.461. The fraction of sp³-hybridized carbons (Fsp3) is 0.120. The molecule has 4 aromatic carbocycles. The van der Waals surface area contributed by atoms with E-state index < -0.39 is 5.60 Å². The average molecular weight is 371 g/mol. The Morgan fingerprint density at radius 2 is 1.59 bits per heavy atom. The number of hydrogen-bond donors (Lipinski definition) is 1. The van der Waals surface area contributed by atoms with Crippen LogP contribution in [-0.2, 0) is 5.60 Å². The predicted molar refractivity (Wildman–Crippen MR) is 119 cm³/mol. The van der Waals surface area contributed by atoms with E-state index >= 15 is 0 Å². The zero-order valence-corrected chi connectivity index (χ0v) is 16.5. The highest BCUT2D eigenvalue weighted by atomic mass is 32.1. The number of benzene rings is 4. The van der Waals surface area contributed by atoms with E-state index in [1.807, 2.05) is 30.3 Å². The van der Waals surface area contributed by atoms with Crippen LogP contribution in [0.2, 0.25) is 0 Å². The lowest BCUT2D eigenvalue weighted by Crippen LogP contribution is -2.25. The third-order valence-electron chi connectivity index (χ3n) is 5.02. The molecular weight excluding hydrogens is 348 g/mol. The summed E-state index contributed by atoms with van der Waals surface area (Å²) in [5.74, 6) is 0.846. The number of fused-ring (bicyclic) bond motifs is 3. The van der Waals surface area contributed by atoms with Crippen molar-refractivity contribution in [1.82, 2.24) is 0 Å². The SMILES string of the molecule is C=Cc1ccc(OC(C)(C)c2ccc3c(S)cc4ccccc4c3c2)cc1. The van der Waals surface area contributed by atoms with Crippen LogP contribution in [0, 0.1) is 0 Å². The van der Waals surface area contributed by atoms with Crippen LogP contribution in [0.4, 0.5) is 0 Å². The van der Waals surface area contributed by atoms with Crippen molar-refractivity contribution in [2.75, 3.05) is 0 Å². The molecule has 0 radical (unpaired) electrons. The summed E-state index contributed by atoms with van der Waals surface area (Å²) in [6.45, 7) is 8.00. The molecule has 0 fully saturated rings. The summed E-state index contributed by atoms with van der Waals surface area (Å²) in [7, 11) is 0. The van der Waals surface area contributed by atoms with Gasteiger partial charge in [0.1, 0.15) is 11.4 Å². The van der Waals surface area contributed by atoms with Gasteiger partial charge in [0.05, 0.1) is 0 Å². The summed E-state index contributed by atoms with van der Waals surface area (Å²) in [5.41, 5.74) is 1.75. The highest BCUT2D eigenvalue weighted by Crippen LogP contribution is 2.35. The first-order valence-electron chi connectivity index (χ1n) is 9.04. The van der Waals surface area contributed by atoms with Gasteiger partial charge in [0.2, 0.25) is 0 Å². The summed E-state index contributed by atoms with van der Waals surface area (Å²) in [4.78, 5) is 0.994. The molecule has 4 aromatic rings. The van der Waals surface area contributed by atoms with Crippen molar-refractivity contribution in [3.05, 3.63) is 90.5 Å². The lowest BCUT2D eigenvalue weighted by atomic mass is 9.93. The van der Waals surface area contributed by atoms with Crippen LogP contribution >= 0.6 is 12.6 Å². The Hall–Kier alpha value is -2.71. The van der Waals surface area contributed by atoms with Crippen molar-refractivity contribution in [1.29, 1.82) is 0 Å². The number of thiol groups is 1. The molecule has 134 valence electrons. The normalized spacial score (nSPS) is 11.7. The fourth-order valence-electron chi connectivity index (χ4n) is 3.48. The number of hydrogen-bond acceptors (Lipinski definition) is 2. The Kier molecular flexibility index (Phi) is 4.45. The molecule has 0 unspecified atom stereocenters. The minimum atomic E-state index is -0.461. The van der Waals surface area contributed by atoms with E-state index in [1.165, 1.54) is 16.2 Å². The van der Waals surface area contributed by atoms with Gasteiger partial charge in [-0.05, 0) is 70.8 Å². The van der Waals surface area contributed by atoms with Crippen molar-refractivity contribution in [2.24, 2.45) is 0 Å². The molecule has 0 aliphatic carbocycles. The third-order valence-corrected chi connectivity index (χ3v) is 5.39. The van der Waals surface area contributed by atoms with Crippen LogP contribution in [0.1, 0.15) is 25.0 Å². The number of ether oxygens (including phenoxy) is 1.